The highest BCUT2D eigenvalue weighted by Gasteiger charge is 2.33. The Morgan fingerprint density at radius 3 is 3.05 bits per heavy atom. The third kappa shape index (κ3) is 2.77. The highest BCUT2D eigenvalue weighted by molar-refractivity contribution is 7.08. The minimum atomic E-state index is 0.725. The first kappa shape index (κ1) is 13.5. The van der Waals surface area contributed by atoms with Crippen LogP contribution in [-0.2, 0) is 6.54 Å². The van der Waals surface area contributed by atoms with Gasteiger partial charge in [-0.1, -0.05) is 18.0 Å². The first-order valence-electron chi connectivity index (χ1n) is 7.99. The van der Waals surface area contributed by atoms with Crippen molar-refractivity contribution >= 4 is 11.3 Å². The molecule has 2 fully saturated rings. The highest BCUT2D eigenvalue weighted by Crippen LogP contribution is 2.35. The van der Waals surface area contributed by atoms with E-state index in [0.717, 1.165) is 35.8 Å². The topological polar surface area (TPSA) is 42.2 Å². The standard InChI is InChI=1S/C16H21N3OS/c1-2-6-14-12(4-1)5-3-8-19(14)10-15-17-16(18-20-15)13-7-9-21-11-13/h7,9,11-12,14H,1-6,8,10H2/t12-,14+/m1/s1. The molecule has 0 bridgehead atoms. The largest absolute Gasteiger partial charge is 0.338 e. The molecule has 2 atom stereocenters. The summed E-state index contributed by atoms with van der Waals surface area (Å²) in [6.07, 6.45) is 8.26. The molecule has 0 amide bonds. The lowest BCUT2D eigenvalue weighted by Crippen LogP contribution is -2.46. The van der Waals surface area contributed by atoms with Gasteiger partial charge in [-0.2, -0.15) is 16.3 Å². The van der Waals surface area contributed by atoms with E-state index in [1.807, 2.05) is 11.4 Å². The molecule has 1 saturated carbocycles. The van der Waals surface area contributed by atoms with Crippen molar-refractivity contribution in [2.45, 2.75) is 51.1 Å². The number of nitrogens with zero attached hydrogens (tertiary/aromatic N) is 3. The van der Waals surface area contributed by atoms with Crippen LogP contribution in [0, 0.1) is 5.92 Å². The molecular weight excluding hydrogens is 282 g/mol. The van der Waals surface area contributed by atoms with Gasteiger partial charge in [-0.3, -0.25) is 4.90 Å². The maximum atomic E-state index is 5.47. The molecule has 2 aromatic heterocycles. The van der Waals surface area contributed by atoms with Gasteiger partial charge in [0.05, 0.1) is 6.54 Å². The van der Waals surface area contributed by atoms with Gasteiger partial charge in [-0.05, 0) is 49.6 Å². The van der Waals surface area contributed by atoms with Crippen molar-refractivity contribution in [3.05, 3.63) is 22.7 Å². The van der Waals surface area contributed by atoms with Crippen LogP contribution in [0.25, 0.3) is 11.4 Å². The van der Waals surface area contributed by atoms with Crippen molar-refractivity contribution in [3.8, 4) is 11.4 Å². The summed E-state index contributed by atoms with van der Waals surface area (Å²) < 4.78 is 5.47. The zero-order chi connectivity index (χ0) is 14.1. The summed E-state index contributed by atoms with van der Waals surface area (Å²) in [5.74, 6) is 2.39. The number of rotatable bonds is 3. The van der Waals surface area contributed by atoms with E-state index >= 15 is 0 Å². The Bertz CT molecular complexity index is 578. The molecular formula is C16H21N3OS. The number of hydrogen-bond acceptors (Lipinski definition) is 5. The van der Waals surface area contributed by atoms with Crippen LogP contribution >= 0.6 is 11.3 Å². The monoisotopic (exact) mass is 303 g/mol. The van der Waals surface area contributed by atoms with E-state index in [1.54, 1.807) is 11.3 Å². The van der Waals surface area contributed by atoms with Gasteiger partial charge in [0.15, 0.2) is 0 Å². The normalized spacial score (nSPS) is 26.7. The van der Waals surface area contributed by atoms with Crippen LogP contribution in [0.15, 0.2) is 21.3 Å². The summed E-state index contributed by atoms with van der Waals surface area (Å²) in [4.78, 5) is 7.15. The second-order valence-electron chi connectivity index (χ2n) is 6.25. The minimum Gasteiger partial charge on any atom is -0.338 e. The molecule has 0 radical (unpaired) electrons. The van der Waals surface area contributed by atoms with Gasteiger partial charge in [-0.25, -0.2) is 0 Å². The van der Waals surface area contributed by atoms with Crippen LogP contribution in [0.4, 0.5) is 0 Å². The maximum Gasteiger partial charge on any atom is 0.241 e. The number of fused-ring (bicyclic) bond motifs is 1. The van der Waals surface area contributed by atoms with Crippen LogP contribution in [0.1, 0.15) is 44.4 Å². The van der Waals surface area contributed by atoms with Crippen molar-refractivity contribution in [2.75, 3.05) is 6.54 Å². The lowest BCUT2D eigenvalue weighted by molar-refractivity contribution is 0.0466. The van der Waals surface area contributed by atoms with Gasteiger partial charge >= 0.3 is 0 Å². The van der Waals surface area contributed by atoms with E-state index in [0.29, 0.717) is 0 Å². The second kappa shape index (κ2) is 5.89. The molecule has 4 nitrogen and oxygen atoms in total. The Balaban J connectivity index is 1.47. The Morgan fingerprint density at radius 2 is 2.14 bits per heavy atom. The van der Waals surface area contributed by atoms with Gasteiger partial charge in [0.25, 0.3) is 0 Å². The van der Waals surface area contributed by atoms with Gasteiger partial charge in [0.1, 0.15) is 0 Å². The smallest absolute Gasteiger partial charge is 0.241 e. The Labute approximate surface area is 129 Å². The van der Waals surface area contributed by atoms with E-state index < -0.39 is 0 Å². The van der Waals surface area contributed by atoms with Crippen LogP contribution < -0.4 is 0 Å². The van der Waals surface area contributed by atoms with Crippen molar-refractivity contribution in [1.29, 1.82) is 0 Å². The van der Waals surface area contributed by atoms with Gasteiger partial charge in [-0.15, -0.1) is 0 Å². The molecule has 1 saturated heterocycles. The van der Waals surface area contributed by atoms with Crippen molar-refractivity contribution in [1.82, 2.24) is 15.0 Å². The van der Waals surface area contributed by atoms with Crippen molar-refractivity contribution in [3.63, 3.8) is 0 Å². The molecule has 0 unspecified atom stereocenters. The summed E-state index contributed by atoms with van der Waals surface area (Å²) in [7, 11) is 0. The average molecular weight is 303 g/mol. The summed E-state index contributed by atoms with van der Waals surface area (Å²) >= 11 is 1.66. The van der Waals surface area contributed by atoms with Crippen LogP contribution in [0.2, 0.25) is 0 Å². The SMILES string of the molecule is c1cc(-c2noc(CN3CCC[C@H]4CCCC[C@@H]43)n2)cs1. The van der Waals surface area contributed by atoms with E-state index in [-0.39, 0.29) is 0 Å². The number of likely N-dealkylation sites (tertiary alicyclic amines) is 1. The number of piperidine rings is 1. The molecule has 112 valence electrons. The molecule has 0 N–H and O–H groups in total. The summed E-state index contributed by atoms with van der Waals surface area (Å²) in [6.45, 7) is 2.00. The van der Waals surface area contributed by atoms with Gasteiger partial charge < -0.3 is 4.52 Å². The molecule has 2 aliphatic rings. The number of hydrogen-bond donors (Lipinski definition) is 0. The van der Waals surface area contributed by atoms with E-state index in [1.165, 1.54) is 45.1 Å². The molecule has 21 heavy (non-hydrogen) atoms. The fourth-order valence-electron chi connectivity index (χ4n) is 3.93. The molecule has 1 aliphatic heterocycles. The summed E-state index contributed by atoms with van der Waals surface area (Å²) in [5.41, 5.74) is 1.06. The molecule has 2 aromatic rings. The fraction of sp³-hybridized carbons (Fsp3) is 0.625. The molecule has 5 heteroatoms. The first-order chi connectivity index (χ1) is 10.4. The number of thiophene rings is 1. The van der Waals surface area contributed by atoms with Gasteiger partial charge in [0.2, 0.25) is 11.7 Å². The second-order valence-corrected chi connectivity index (χ2v) is 7.03. The predicted octanol–water partition coefficient (Wildman–Crippen LogP) is 3.95. The lowest BCUT2D eigenvalue weighted by atomic mass is 9.78. The van der Waals surface area contributed by atoms with Gasteiger partial charge in [0, 0.05) is 17.0 Å². The average Bonchev–Trinajstić information content (AvgIpc) is 3.18. The zero-order valence-corrected chi connectivity index (χ0v) is 13.0. The minimum absolute atomic E-state index is 0.725. The third-order valence-electron chi connectivity index (χ3n) is 4.94. The predicted molar refractivity (Wildman–Crippen MR) is 83.0 cm³/mol. The maximum absolute atomic E-state index is 5.47. The van der Waals surface area contributed by atoms with E-state index in [2.05, 4.69) is 20.4 Å². The van der Waals surface area contributed by atoms with Crippen LogP contribution in [0.3, 0.4) is 0 Å². The van der Waals surface area contributed by atoms with Crippen LogP contribution in [0.5, 0.6) is 0 Å². The van der Waals surface area contributed by atoms with Crippen molar-refractivity contribution in [2.24, 2.45) is 5.92 Å². The highest BCUT2D eigenvalue weighted by atomic mass is 32.1. The third-order valence-corrected chi connectivity index (χ3v) is 5.63. The Kier molecular flexibility index (Phi) is 3.78. The van der Waals surface area contributed by atoms with E-state index in [4.69, 9.17) is 4.52 Å². The number of aromatic nitrogens is 2. The van der Waals surface area contributed by atoms with E-state index in [9.17, 15) is 0 Å². The molecule has 0 spiro atoms. The summed E-state index contributed by atoms with van der Waals surface area (Å²) in [5, 5.41) is 8.23. The lowest BCUT2D eigenvalue weighted by Gasteiger charge is -2.43. The summed E-state index contributed by atoms with van der Waals surface area (Å²) in [6, 6.07) is 2.78. The Morgan fingerprint density at radius 1 is 1.24 bits per heavy atom. The zero-order valence-electron chi connectivity index (χ0n) is 12.2. The van der Waals surface area contributed by atoms with Crippen molar-refractivity contribution < 1.29 is 4.52 Å². The molecule has 4 rings (SSSR count). The molecule has 3 heterocycles. The van der Waals surface area contributed by atoms with Crippen LogP contribution in [-0.4, -0.2) is 27.6 Å². The molecule has 1 aliphatic carbocycles. The first-order valence-corrected chi connectivity index (χ1v) is 8.93. The fourth-order valence-corrected chi connectivity index (χ4v) is 4.56. The molecule has 0 aromatic carbocycles. The Hall–Kier alpha value is -1.20. The quantitative estimate of drug-likeness (QED) is 0.861.